The predicted molar refractivity (Wildman–Crippen MR) is 87.2 cm³/mol. The lowest BCUT2D eigenvalue weighted by Gasteiger charge is -2.36. The minimum Gasteiger partial charge on any atom is -0.338 e. The van der Waals surface area contributed by atoms with Crippen molar-refractivity contribution in [3.8, 4) is 0 Å². The summed E-state index contributed by atoms with van der Waals surface area (Å²) in [6.07, 6.45) is 0. The zero-order valence-corrected chi connectivity index (χ0v) is 11.2. The van der Waals surface area contributed by atoms with Crippen molar-refractivity contribution in [1.82, 2.24) is 4.90 Å². The summed E-state index contributed by atoms with van der Waals surface area (Å²) in [5.41, 5.74) is 0.385. The summed E-state index contributed by atoms with van der Waals surface area (Å²) in [7, 11) is 0. The van der Waals surface area contributed by atoms with E-state index in [2.05, 4.69) is 0 Å². The van der Waals surface area contributed by atoms with E-state index in [0.29, 0.717) is 9.79 Å². The summed E-state index contributed by atoms with van der Waals surface area (Å²) in [5.74, 6) is 0. The van der Waals surface area contributed by atoms with Crippen LogP contribution in [0.3, 0.4) is 0 Å². The van der Waals surface area contributed by atoms with Crippen LogP contribution in [-0.2, 0) is 0 Å². The lowest BCUT2D eigenvalue weighted by Crippen LogP contribution is -2.37. The molecule has 0 bridgehead atoms. The fourth-order valence-electron chi connectivity index (χ4n) is 1.98. The van der Waals surface area contributed by atoms with Crippen molar-refractivity contribution < 1.29 is 16.4 Å². The highest BCUT2D eigenvalue weighted by molar-refractivity contribution is 7.99. The molecule has 2 nitrogen and oxygen atoms in total. The Bertz CT molecular complexity index is 941. The average molecular weight is 297 g/mol. The maximum atomic E-state index is 8.88. The standard InChI is InChI=1S/C17H20N2S/c1-13(18(2)3)12-19-14-8-4-6-10-16(14)20-17-11-7-5-9-15(17)19/h4-11,13H,12H2,1-3H3/i1D3,2D3,3D3,12D2,13D. The first-order valence-electron chi connectivity index (χ1n) is 11.9. The fraction of sp³-hybridized carbons (Fsp3) is 0.294. The molecule has 20 heavy (non-hydrogen) atoms. The molecular formula is C17H20N2S. The van der Waals surface area contributed by atoms with Gasteiger partial charge >= 0.3 is 0 Å². The molecule has 0 aromatic heterocycles. The molecule has 0 saturated heterocycles. The third-order valence-corrected chi connectivity index (χ3v) is 4.00. The summed E-state index contributed by atoms with van der Waals surface area (Å²) in [4.78, 5) is 1.50. The van der Waals surface area contributed by atoms with Gasteiger partial charge in [-0.15, -0.1) is 0 Å². The molecule has 0 saturated carbocycles. The van der Waals surface area contributed by atoms with Crippen molar-refractivity contribution in [3.05, 3.63) is 48.5 Å². The predicted octanol–water partition coefficient (Wildman–Crippen LogP) is 4.24. The van der Waals surface area contributed by atoms with Gasteiger partial charge in [0.25, 0.3) is 0 Å². The van der Waals surface area contributed by atoms with Gasteiger partial charge in [-0.1, -0.05) is 36.0 Å². The van der Waals surface area contributed by atoms with Crippen molar-refractivity contribution in [3.63, 3.8) is 0 Å². The molecule has 1 unspecified atom stereocenters. The number of likely N-dealkylation sites (N-methyl/N-ethyl adjacent to an activating group) is 1. The Morgan fingerprint density at radius 3 is 2.30 bits per heavy atom. The van der Waals surface area contributed by atoms with Crippen LogP contribution in [-0.4, -0.2) is 31.4 Å². The molecule has 1 aliphatic rings. The van der Waals surface area contributed by atoms with E-state index in [-0.39, 0.29) is 11.4 Å². The number of hydrogen-bond donors (Lipinski definition) is 0. The summed E-state index contributed by atoms with van der Waals surface area (Å²) >= 11 is 1.29. The van der Waals surface area contributed by atoms with Crippen molar-refractivity contribution in [2.45, 2.75) is 22.7 Å². The molecule has 0 radical (unpaired) electrons. The summed E-state index contributed by atoms with van der Waals surface area (Å²) in [5, 5.41) is 0. The zero-order valence-electron chi connectivity index (χ0n) is 22.4. The van der Waals surface area contributed by atoms with E-state index in [1.165, 1.54) is 23.9 Å². The van der Waals surface area contributed by atoms with Gasteiger partial charge in [0.2, 0.25) is 0 Å². The van der Waals surface area contributed by atoms with E-state index in [0.717, 1.165) is 4.90 Å². The number of rotatable bonds is 3. The van der Waals surface area contributed by atoms with E-state index in [4.69, 9.17) is 16.4 Å². The van der Waals surface area contributed by atoms with Crippen LogP contribution < -0.4 is 4.90 Å². The molecule has 3 rings (SSSR count). The number of anilines is 2. The second-order valence-corrected chi connectivity index (χ2v) is 5.25. The van der Waals surface area contributed by atoms with Crippen LogP contribution in [0, 0.1) is 0 Å². The topological polar surface area (TPSA) is 6.48 Å². The van der Waals surface area contributed by atoms with Gasteiger partial charge < -0.3 is 9.80 Å². The molecular weight excluding hydrogens is 264 g/mol. The Kier molecular flexibility index (Phi) is 1.48. The average Bonchev–Trinajstić information content (AvgIpc) is 2.62. The highest BCUT2D eigenvalue weighted by Gasteiger charge is 2.24. The highest BCUT2D eigenvalue weighted by Crippen LogP contribution is 2.47. The number of fused-ring (bicyclic) bond motifs is 2. The number of hydrogen-bond acceptors (Lipinski definition) is 3. The summed E-state index contributed by atoms with van der Waals surface area (Å²) in [6.45, 7) is -14.2. The van der Waals surface area contributed by atoms with Crippen molar-refractivity contribution in [1.29, 1.82) is 0 Å². The number of para-hydroxylation sites is 2. The van der Waals surface area contributed by atoms with E-state index >= 15 is 0 Å². The van der Waals surface area contributed by atoms with Gasteiger partial charge in [-0.25, -0.2) is 0 Å². The first kappa shape index (κ1) is 5.39. The Labute approximate surface area is 142 Å². The van der Waals surface area contributed by atoms with Crippen LogP contribution in [0.4, 0.5) is 11.4 Å². The number of nitrogens with zero attached hydrogens (tertiary/aromatic N) is 2. The van der Waals surface area contributed by atoms with Gasteiger partial charge in [0.15, 0.2) is 0 Å². The van der Waals surface area contributed by atoms with Crippen LogP contribution in [0.15, 0.2) is 58.3 Å². The van der Waals surface area contributed by atoms with Crippen LogP contribution in [0.2, 0.25) is 0 Å². The van der Waals surface area contributed by atoms with Gasteiger partial charge in [0.1, 0.15) is 0 Å². The Morgan fingerprint density at radius 1 is 1.15 bits per heavy atom. The molecule has 2 aromatic rings. The second-order valence-electron chi connectivity index (χ2n) is 4.17. The van der Waals surface area contributed by atoms with Gasteiger partial charge in [-0.3, -0.25) is 0 Å². The van der Waals surface area contributed by atoms with Gasteiger partial charge in [-0.05, 0) is 45.1 Å². The van der Waals surface area contributed by atoms with Crippen LogP contribution in [0.5, 0.6) is 0 Å². The monoisotopic (exact) mass is 296 g/mol. The normalized spacial score (nSPS) is 27.9. The third kappa shape index (κ3) is 2.43. The third-order valence-electron chi connectivity index (χ3n) is 2.87. The van der Waals surface area contributed by atoms with Crippen LogP contribution in [0.1, 0.15) is 23.3 Å². The van der Waals surface area contributed by atoms with Crippen LogP contribution >= 0.6 is 11.8 Å². The second kappa shape index (κ2) is 5.51. The van der Waals surface area contributed by atoms with Crippen molar-refractivity contribution in [2.75, 3.05) is 25.3 Å². The molecule has 3 heteroatoms. The maximum absolute atomic E-state index is 8.88. The molecule has 0 aliphatic carbocycles. The Morgan fingerprint density at radius 2 is 1.75 bits per heavy atom. The maximum Gasteiger partial charge on any atom is 0.0553 e. The first-order valence-corrected chi connectivity index (χ1v) is 6.72. The first-order chi connectivity index (χ1) is 14.4. The molecule has 0 amide bonds. The molecule has 0 N–H and O–H groups in total. The molecule has 1 heterocycles. The van der Waals surface area contributed by atoms with E-state index in [1.54, 1.807) is 36.4 Å². The quantitative estimate of drug-likeness (QED) is 0.836. The fourth-order valence-corrected chi connectivity index (χ4v) is 3.04. The smallest absolute Gasteiger partial charge is 0.0553 e. The van der Waals surface area contributed by atoms with Gasteiger partial charge in [0, 0.05) is 36.0 Å². The van der Waals surface area contributed by atoms with Gasteiger partial charge in [-0.2, -0.15) is 0 Å². The molecule has 104 valence electrons. The molecule has 0 fully saturated rings. The Balaban J connectivity index is 2.37. The van der Waals surface area contributed by atoms with E-state index in [1.807, 2.05) is 0 Å². The van der Waals surface area contributed by atoms with E-state index in [9.17, 15) is 0 Å². The lowest BCUT2D eigenvalue weighted by atomic mass is 10.2. The van der Waals surface area contributed by atoms with E-state index < -0.39 is 38.2 Å². The van der Waals surface area contributed by atoms with Crippen LogP contribution in [0.25, 0.3) is 0 Å². The Hall–Kier alpha value is -1.45. The highest BCUT2D eigenvalue weighted by atomic mass is 32.2. The summed E-state index contributed by atoms with van der Waals surface area (Å²) in [6, 6.07) is 9.20. The lowest BCUT2D eigenvalue weighted by molar-refractivity contribution is 0.319. The SMILES string of the molecule is [2H]C([2H])([2H])N(C([2H])([2H])[2H])C([2H])(C([2H])([2H])[2H])C([2H])([2H])N1c2ccccc2Sc2ccccc21. The molecule has 1 atom stereocenters. The molecule has 0 spiro atoms. The number of benzene rings is 2. The van der Waals surface area contributed by atoms with Gasteiger partial charge in [0.05, 0.1) is 14.1 Å². The zero-order chi connectivity index (χ0) is 24.3. The largest absolute Gasteiger partial charge is 0.338 e. The molecule has 2 aromatic carbocycles. The summed E-state index contributed by atoms with van der Waals surface area (Å²) < 4.78 is 96.6. The van der Waals surface area contributed by atoms with Crippen molar-refractivity contribution in [2.24, 2.45) is 0 Å². The molecule has 1 aliphatic heterocycles. The van der Waals surface area contributed by atoms with Crippen molar-refractivity contribution >= 4 is 23.1 Å². The minimum atomic E-state index is -3.72. The minimum absolute atomic E-state index is 0.193.